The molecule has 0 fully saturated rings. The van der Waals surface area contributed by atoms with Crippen LogP contribution in [0.1, 0.15) is 0 Å². The van der Waals surface area contributed by atoms with E-state index in [9.17, 15) is 0 Å². The summed E-state index contributed by atoms with van der Waals surface area (Å²) in [5.41, 5.74) is 0. The monoisotopic (exact) mass is 286 g/mol. The van der Waals surface area contributed by atoms with Gasteiger partial charge in [-0.2, -0.15) is 0 Å². The van der Waals surface area contributed by atoms with Crippen molar-refractivity contribution in [2.75, 3.05) is 20.8 Å². The van der Waals surface area contributed by atoms with Gasteiger partial charge in [0.2, 0.25) is 0 Å². The van der Waals surface area contributed by atoms with E-state index in [-0.39, 0.29) is 4.32 Å². The molecule has 0 aromatic heterocycles. The van der Waals surface area contributed by atoms with E-state index in [1.165, 1.54) is 0 Å². The third-order valence-electron chi connectivity index (χ3n) is 0.523. The van der Waals surface area contributed by atoms with Gasteiger partial charge in [0.05, 0.1) is 0 Å². The van der Waals surface area contributed by atoms with Gasteiger partial charge in [-0.1, -0.05) is 0 Å². The maximum absolute atomic E-state index is 4.84. The van der Waals surface area contributed by atoms with Crippen LogP contribution in [-0.2, 0) is 30.5 Å². The van der Waals surface area contributed by atoms with Crippen LogP contribution in [0.5, 0.6) is 0 Å². The first kappa shape index (κ1) is 7.66. The zero-order valence-electron chi connectivity index (χ0n) is 4.40. The second-order valence-electron chi connectivity index (χ2n) is 1.05. The summed E-state index contributed by atoms with van der Waals surface area (Å²) < 4.78 is 9.77. The molecule has 0 aromatic rings. The molecule has 0 N–H and O–H groups in total. The number of hydrogen-bond acceptors (Lipinski definition) is 2. The molecule has 48 valence electrons. The van der Waals surface area contributed by atoms with Crippen molar-refractivity contribution in [3.05, 3.63) is 0 Å². The first-order valence-corrected chi connectivity index (χ1v) is 3.17. The predicted octanol–water partition coefficient (Wildman–Crippen LogP) is 0.152. The maximum atomic E-state index is 4.84. The van der Waals surface area contributed by atoms with Gasteiger partial charge in [-0.3, -0.25) is 0 Å². The second kappa shape index (κ2) is 4.81. The Morgan fingerprint density at radius 1 is 1.57 bits per heavy atom. The molecule has 0 spiro atoms. The number of ether oxygens (including phenoxy) is 2. The van der Waals surface area contributed by atoms with Crippen LogP contribution >= 0.6 is 0 Å². The van der Waals surface area contributed by atoms with Crippen LogP contribution in [0.2, 0.25) is 0 Å². The average molecular weight is 286 g/mol. The van der Waals surface area contributed by atoms with E-state index in [1.54, 1.807) is 14.2 Å². The summed E-state index contributed by atoms with van der Waals surface area (Å²) in [7, 11) is 3.31. The minimum atomic E-state index is 0.171. The van der Waals surface area contributed by atoms with E-state index < -0.39 is 0 Å². The van der Waals surface area contributed by atoms with Gasteiger partial charge in [0.15, 0.2) is 0 Å². The van der Waals surface area contributed by atoms with Gasteiger partial charge in [0.1, 0.15) is 0 Å². The zero-order chi connectivity index (χ0) is 5.70. The molecule has 1 atom stereocenters. The molecule has 0 aromatic carbocycles. The van der Waals surface area contributed by atoms with Gasteiger partial charge in [0.25, 0.3) is 0 Å². The Labute approximate surface area is 56.1 Å². The van der Waals surface area contributed by atoms with E-state index >= 15 is 0 Å². The first-order chi connectivity index (χ1) is 3.31. The summed E-state index contributed by atoms with van der Waals surface area (Å²) in [6, 6.07) is 0. The number of rotatable bonds is 3. The van der Waals surface area contributed by atoms with Crippen LogP contribution in [0, 0.1) is 0 Å². The molecule has 0 heterocycles. The Kier molecular flexibility index (Phi) is 5.26. The molecule has 0 aliphatic carbocycles. The minimum absolute atomic E-state index is 0.171. The molecule has 0 rings (SSSR count). The van der Waals surface area contributed by atoms with Crippen LogP contribution in [0.4, 0.5) is 0 Å². The van der Waals surface area contributed by atoms with Crippen LogP contribution in [0.15, 0.2) is 0 Å². The van der Waals surface area contributed by atoms with Gasteiger partial charge >= 0.3 is 55.7 Å². The molecule has 0 saturated heterocycles. The molecule has 0 saturated carbocycles. The quantitative estimate of drug-likeness (QED) is 0.688. The van der Waals surface area contributed by atoms with Crippen molar-refractivity contribution in [3.63, 3.8) is 0 Å². The molecule has 3 heteroatoms. The number of methoxy groups -OCH3 is 2. The van der Waals surface area contributed by atoms with E-state index in [2.05, 4.69) is 21.1 Å². The van der Waals surface area contributed by atoms with Crippen LogP contribution < -0.4 is 0 Å². The topological polar surface area (TPSA) is 18.5 Å². The number of hydrogen-bond donors (Lipinski definition) is 0. The summed E-state index contributed by atoms with van der Waals surface area (Å²) in [6.07, 6.45) is 0. The van der Waals surface area contributed by atoms with Gasteiger partial charge in [-0.05, 0) is 0 Å². The Bertz CT molecular complexity index is 40.7. The van der Waals surface area contributed by atoms with Crippen molar-refractivity contribution >= 4 is 0 Å². The molecule has 0 radical (unpaired) electrons. The van der Waals surface area contributed by atoms with E-state index in [0.29, 0.717) is 6.61 Å². The van der Waals surface area contributed by atoms with Crippen LogP contribution in [0.3, 0.4) is 0 Å². The summed E-state index contributed by atoms with van der Waals surface area (Å²) in [5.74, 6) is 0. The molecule has 0 amide bonds. The molecular weight excluding hydrogens is 277 g/mol. The molecule has 0 aliphatic heterocycles. The molecule has 2 nitrogen and oxygen atoms in total. The van der Waals surface area contributed by atoms with Crippen molar-refractivity contribution < 1.29 is 30.5 Å². The van der Waals surface area contributed by atoms with E-state index in [4.69, 9.17) is 9.47 Å². The predicted molar refractivity (Wildman–Crippen MR) is 22.7 cm³/mol. The van der Waals surface area contributed by atoms with Gasteiger partial charge in [-0.25, -0.2) is 0 Å². The van der Waals surface area contributed by atoms with Crippen LogP contribution in [-0.4, -0.2) is 25.1 Å². The SMILES string of the molecule is COC[CH]([Au])OC. The second-order valence-corrected chi connectivity index (χ2v) is 2.45. The average Bonchev–Trinajstić information content (AvgIpc) is 1.68. The summed E-state index contributed by atoms with van der Waals surface area (Å²) >= 11 is 2.33. The Hall–Kier alpha value is 0.660. The van der Waals surface area contributed by atoms with Crippen molar-refractivity contribution in [2.45, 2.75) is 4.32 Å². The fourth-order valence-corrected chi connectivity index (χ4v) is 0.547. The van der Waals surface area contributed by atoms with Gasteiger partial charge in [-0.15, -0.1) is 0 Å². The third-order valence-corrected chi connectivity index (χ3v) is 1.39. The molecule has 7 heavy (non-hydrogen) atoms. The fourth-order valence-electron chi connectivity index (χ4n) is 0.186. The first-order valence-electron chi connectivity index (χ1n) is 1.92. The normalized spacial score (nSPS) is 14.3. The third kappa shape index (κ3) is 4.51. The summed E-state index contributed by atoms with van der Waals surface area (Å²) in [4.78, 5) is 0. The molecule has 0 aliphatic rings. The fraction of sp³-hybridized carbons (Fsp3) is 1.00. The van der Waals surface area contributed by atoms with Crippen molar-refractivity contribution in [1.29, 1.82) is 0 Å². The van der Waals surface area contributed by atoms with E-state index in [0.717, 1.165) is 0 Å². The standard InChI is InChI=1S/C4H9O2.Au/c1-5-3-4-6-2;/h3H,4H2,1-2H3;. The van der Waals surface area contributed by atoms with Crippen molar-refractivity contribution in [1.82, 2.24) is 0 Å². The molecule has 1 unspecified atom stereocenters. The Balaban J connectivity index is 2.83. The zero-order valence-corrected chi connectivity index (χ0v) is 6.57. The Morgan fingerprint density at radius 2 is 2.14 bits per heavy atom. The van der Waals surface area contributed by atoms with E-state index in [1.807, 2.05) is 0 Å². The van der Waals surface area contributed by atoms with Crippen molar-refractivity contribution in [2.24, 2.45) is 0 Å². The summed E-state index contributed by atoms with van der Waals surface area (Å²) in [6.45, 7) is 0.652. The molecular formula is C4H9AuO2. The van der Waals surface area contributed by atoms with Gasteiger partial charge < -0.3 is 0 Å². The molecule has 0 bridgehead atoms. The van der Waals surface area contributed by atoms with Crippen LogP contribution in [0.25, 0.3) is 0 Å². The van der Waals surface area contributed by atoms with Gasteiger partial charge in [0, 0.05) is 0 Å². The Morgan fingerprint density at radius 3 is 2.29 bits per heavy atom. The van der Waals surface area contributed by atoms with Crippen molar-refractivity contribution in [3.8, 4) is 0 Å². The summed E-state index contributed by atoms with van der Waals surface area (Å²) in [5, 5.41) is 0.